The zero-order valence-corrected chi connectivity index (χ0v) is 21.7. The van der Waals surface area contributed by atoms with E-state index in [-0.39, 0.29) is 11.5 Å². The first-order valence-electron chi connectivity index (χ1n) is 13.0. The SMILES string of the molecule is COc1cc(CNC(C)C2CCC2)cc2nc(-c3c(F)ccc(-c4ccccc4)c3-c3nncn3C)oc12. The van der Waals surface area contributed by atoms with E-state index in [1.165, 1.54) is 25.3 Å². The Morgan fingerprint density at radius 2 is 1.95 bits per heavy atom. The fraction of sp³-hybridized carbons (Fsp3) is 0.300. The van der Waals surface area contributed by atoms with Crippen LogP contribution in [0.2, 0.25) is 0 Å². The summed E-state index contributed by atoms with van der Waals surface area (Å²) in [5, 5.41) is 12.0. The quantitative estimate of drug-likeness (QED) is 0.260. The molecule has 1 unspecified atom stereocenters. The van der Waals surface area contributed by atoms with E-state index in [9.17, 15) is 0 Å². The van der Waals surface area contributed by atoms with Crippen LogP contribution in [0.1, 0.15) is 31.7 Å². The largest absolute Gasteiger partial charge is 0.493 e. The lowest BCUT2D eigenvalue weighted by Gasteiger charge is -2.32. The molecule has 0 aliphatic heterocycles. The van der Waals surface area contributed by atoms with Crippen molar-refractivity contribution in [3.05, 3.63) is 72.3 Å². The Morgan fingerprint density at radius 1 is 1.13 bits per heavy atom. The summed E-state index contributed by atoms with van der Waals surface area (Å²) in [5.74, 6) is 1.53. The Bertz CT molecular complexity index is 1590. The maximum Gasteiger partial charge on any atom is 0.231 e. The van der Waals surface area contributed by atoms with Crippen molar-refractivity contribution in [1.29, 1.82) is 0 Å². The molecular weight excluding hydrogens is 481 g/mol. The number of methoxy groups -OCH3 is 1. The maximum absolute atomic E-state index is 15.7. The molecule has 0 saturated heterocycles. The molecule has 0 spiro atoms. The van der Waals surface area contributed by atoms with Gasteiger partial charge in [-0.2, -0.15) is 0 Å². The van der Waals surface area contributed by atoms with Gasteiger partial charge in [0.2, 0.25) is 5.89 Å². The van der Waals surface area contributed by atoms with Gasteiger partial charge in [-0.05, 0) is 60.6 Å². The third kappa shape index (κ3) is 4.35. The summed E-state index contributed by atoms with van der Waals surface area (Å²) in [6.45, 7) is 2.93. The van der Waals surface area contributed by atoms with Gasteiger partial charge in [0.15, 0.2) is 17.2 Å². The predicted octanol–water partition coefficient (Wildman–Crippen LogP) is 6.38. The molecule has 6 rings (SSSR count). The Labute approximate surface area is 220 Å². The van der Waals surface area contributed by atoms with Gasteiger partial charge in [-0.15, -0.1) is 10.2 Å². The van der Waals surface area contributed by atoms with Gasteiger partial charge in [0.05, 0.1) is 12.7 Å². The van der Waals surface area contributed by atoms with Crippen molar-refractivity contribution in [2.75, 3.05) is 7.11 Å². The first-order chi connectivity index (χ1) is 18.5. The van der Waals surface area contributed by atoms with Crippen LogP contribution in [0.4, 0.5) is 4.39 Å². The molecule has 1 N–H and O–H groups in total. The number of rotatable bonds is 8. The van der Waals surface area contributed by atoms with E-state index in [2.05, 4.69) is 22.4 Å². The molecule has 194 valence electrons. The van der Waals surface area contributed by atoms with Crippen molar-refractivity contribution in [2.45, 2.75) is 38.8 Å². The Balaban J connectivity index is 1.48. The number of ether oxygens (including phenoxy) is 1. The number of hydrogen-bond donors (Lipinski definition) is 1. The number of fused-ring (bicyclic) bond motifs is 1. The van der Waals surface area contributed by atoms with Gasteiger partial charge in [0.1, 0.15) is 17.7 Å². The van der Waals surface area contributed by atoms with Gasteiger partial charge in [-0.1, -0.05) is 42.8 Å². The monoisotopic (exact) mass is 511 g/mol. The summed E-state index contributed by atoms with van der Waals surface area (Å²) in [5.41, 5.74) is 4.66. The average Bonchev–Trinajstić information content (AvgIpc) is 3.52. The zero-order chi connectivity index (χ0) is 26.2. The second-order valence-electron chi connectivity index (χ2n) is 10.0. The second-order valence-corrected chi connectivity index (χ2v) is 10.0. The van der Waals surface area contributed by atoms with E-state index in [0.29, 0.717) is 40.8 Å². The van der Waals surface area contributed by atoms with Crippen LogP contribution in [0.25, 0.3) is 45.1 Å². The van der Waals surface area contributed by atoms with Crippen molar-refractivity contribution in [3.8, 4) is 39.7 Å². The smallest absolute Gasteiger partial charge is 0.231 e. The van der Waals surface area contributed by atoms with E-state index in [1.54, 1.807) is 24.1 Å². The van der Waals surface area contributed by atoms with Crippen LogP contribution in [0.5, 0.6) is 5.75 Å². The molecule has 5 aromatic rings. The van der Waals surface area contributed by atoms with Gasteiger partial charge in [0.25, 0.3) is 0 Å². The zero-order valence-electron chi connectivity index (χ0n) is 21.7. The second kappa shape index (κ2) is 10.0. The summed E-state index contributed by atoms with van der Waals surface area (Å²) in [7, 11) is 3.44. The van der Waals surface area contributed by atoms with E-state index in [1.807, 2.05) is 49.5 Å². The topological polar surface area (TPSA) is 78.0 Å². The van der Waals surface area contributed by atoms with E-state index >= 15 is 4.39 Å². The molecular formula is C30H30FN5O2. The molecule has 1 fully saturated rings. The third-order valence-corrected chi connectivity index (χ3v) is 7.61. The lowest BCUT2D eigenvalue weighted by Crippen LogP contribution is -2.36. The number of nitrogens with zero attached hydrogens (tertiary/aromatic N) is 4. The van der Waals surface area contributed by atoms with Gasteiger partial charge in [-0.25, -0.2) is 9.37 Å². The number of hydrogen-bond acceptors (Lipinski definition) is 6. The van der Waals surface area contributed by atoms with Crippen molar-refractivity contribution in [3.63, 3.8) is 0 Å². The minimum absolute atomic E-state index is 0.166. The van der Waals surface area contributed by atoms with Crippen molar-refractivity contribution >= 4 is 11.1 Å². The van der Waals surface area contributed by atoms with Crippen LogP contribution < -0.4 is 10.1 Å². The Hall–Kier alpha value is -4.04. The molecule has 38 heavy (non-hydrogen) atoms. The molecule has 1 aliphatic carbocycles. The van der Waals surface area contributed by atoms with Crippen LogP contribution >= 0.6 is 0 Å². The third-order valence-electron chi connectivity index (χ3n) is 7.61. The van der Waals surface area contributed by atoms with Crippen LogP contribution in [0.3, 0.4) is 0 Å². The van der Waals surface area contributed by atoms with Gasteiger partial charge in [-0.3, -0.25) is 0 Å². The molecule has 0 radical (unpaired) electrons. The van der Waals surface area contributed by atoms with E-state index in [0.717, 1.165) is 22.6 Å². The molecule has 1 aliphatic rings. The lowest BCUT2D eigenvalue weighted by molar-refractivity contribution is 0.240. The highest BCUT2D eigenvalue weighted by atomic mass is 19.1. The van der Waals surface area contributed by atoms with Gasteiger partial charge in [0, 0.05) is 25.2 Å². The molecule has 1 saturated carbocycles. The molecule has 3 aromatic carbocycles. The fourth-order valence-electron chi connectivity index (χ4n) is 5.19. The average molecular weight is 512 g/mol. The summed E-state index contributed by atoms with van der Waals surface area (Å²) >= 11 is 0. The van der Waals surface area contributed by atoms with Crippen LogP contribution in [-0.2, 0) is 13.6 Å². The van der Waals surface area contributed by atoms with E-state index in [4.69, 9.17) is 14.1 Å². The van der Waals surface area contributed by atoms with Crippen LogP contribution in [0.15, 0.2) is 65.3 Å². The number of nitrogens with one attached hydrogen (secondary N) is 1. The lowest BCUT2D eigenvalue weighted by atomic mass is 9.80. The molecule has 0 bridgehead atoms. The summed E-state index contributed by atoms with van der Waals surface area (Å²) < 4.78 is 29.3. The molecule has 1 atom stereocenters. The highest BCUT2D eigenvalue weighted by Gasteiger charge is 2.26. The van der Waals surface area contributed by atoms with Crippen LogP contribution in [0, 0.1) is 11.7 Å². The van der Waals surface area contributed by atoms with E-state index < -0.39 is 5.82 Å². The Kier molecular flexibility index (Phi) is 6.41. The number of aromatic nitrogens is 4. The summed E-state index contributed by atoms with van der Waals surface area (Å²) in [6, 6.07) is 17.4. The normalized spacial score (nSPS) is 14.5. The van der Waals surface area contributed by atoms with Crippen molar-refractivity contribution < 1.29 is 13.5 Å². The number of halogens is 1. The molecule has 2 heterocycles. The fourth-order valence-corrected chi connectivity index (χ4v) is 5.19. The first kappa shape index (κ1) is 24.3. The maximum atomic E-state index is 15.7. The minimum atomic E-state index is -0.454. The number of aryl methyl sites for hydroxylation is 1. The molecule has 7 nitrogen and oxygen atoms in total. The van der Waals surface area contributed by atoms with Crippen LogP contribution in [-0.4, -0.2) is 32.9 Å². The highest BCUT2D eigenvalue weighted by molar-refractivity contribution is 5.92. The minimum Gasteiger partial charge on any atom is -0.493 e. The molecule has 2 aromatic heterocycles. The van der Waals surface area contributed by atoms with Crippen molar-refractivity contribution in [1.82, 2.24) is 25.1 Å². The van der Waals surface area contributed by atoms with Gasteiger partial charge >= 0.3 is 0 Å². The standard InChI is InChI=1S/C30H30FN5O2/c1-18(20-10-7-11-20)32-16-19-14-24-28(25(15-19)37-3)38-30(34-24)27-23(31)13-12-22(21-8-5-4-6-9-21)26(27)29-35-33-17-36(29)2/h4-6,8-9,12-15,17-18,20,32H,7,10-11,16H2,1-3H3. The summed E-state index contributed by atoms with van der Waals surface area (Å²) in [6.07, 6.45) is 5.48. The Morgan fingerprint density at radius 3 is 2.63 bits per heavy atom. The first-order valence-corrected chi connectivity index (χ1v) is 13.0. The number of benzene rings is 3. The predicted molar refractivity (Wildman–Crippen MR) is 145 cm³/mol. The summed E-state index contributed by atoms with van der Waals surface area (Å²) in [4.78, 5) is 4.77. The van der Waals surface area contributed by atoms with Gasteiger partial charge < -0.3 is 19.0 Å². The van der Waals surface area contributed by atoms with Crippen molar-refractivity contribution in [2.24, 2.45) is 13.0 Å². The molecule has 0 amide bonds. The highest BCUT2D eigenvalue weighted by Crippen LogP contribution is 2.42. The molecule has 8 heteroatoms. The number of oxazole rings is 1.